The average Bonchev–Trinajstić information content (AvgIpc) is 2.66. The van der Waals surface area contributed by atoms with Crippen molar-refractivity contribution >= 4 is 38.5 Å². The van der Waals surface area contributed by atoms with Gasteiger partial charge in [-0.3, -0.25) is 0 Å². The van der Waals surface area contributed by atoms with Gasteiger partial charge in [-0.15, -0.1) is 0 Å². The molecule has 0 aliphatic heterocycles. The van der Waals surface area contributed by atoms with Crippen LogP contribution in [0.3, 0.4) is 0 Å². The van der Waals surface area contributed by atoms with E-state index in [0.717, 1.165) is 26.8 Å². The lowest BCUT2D eigenvalue weighted by Gasteiger charge is -2.07. The summed E-state index contributed by atoms with van der Waals surface area (Å²) in [4.78, 5) is 0. The van der Waals surface area contributed by atoms with Crippen molar-refractivity contribution in [2.45, 2.75) is 33.0 Å². The fraction of sp³-hybridized carbons (Fsp3) is 0.429. The quantitative estimate of drug-likeness (QED) is 0.866. The van der Waals surface area contributed by atoms with Gasteiger partial charge in [-0.25, -0.2) is 0 Å². The van der Waals surface area contributed by atoms with E-state index in [-0.39, 0.29) is 0 Å². The molecule has 1 aromatic carbocycles. The Morgan fingerprint density at radius 1 is 1.42 bits per heavy atom. The first kappa shape index (κ1) is 14.9. The van der Waals surface area contributed by atoms with Crippen LogP contribution in [0.5, 0.6) is 0 Å². The molecular weight excluding hydrogens is 330 g/mol. The lowest BCUT2D eigenvalue weighted by atomic mass is 10.1. The highest BCUT2D eigenvalue weighted by molar-refractivity contribution is 9.10. The van der Waals surface area contributed by atoms with Gasteiger partial charge in [0.2, 0.25) is 0 Å². The molecular formula is C14H17BrClNO2. The molecule has 1 N–H and O–H groups in total. The van der Waals surface area contributed by atoms with Crippen LogP contribution in [0.4, 0.5) is 0 Å². The van der Waals surface area contributed by atoms with Crippen molar-refractivity contribution in [3.05, 3.63) is 33.0 Å². The van der Waals surface area contributed by atoms with Gasteiger partial charge < -0.3 is 14.5 Å². The molecule has 19 heavy (non-hydrogen) atoms. The van der Waals surface area contributed by atoms with E-state index < -0.39 is 0 Å². The fourth-order valence-electron chi connectivity index (χ4n) is 1.97. The molecule has 0 fully saturated rings. The molecule has 0 amide bonds. The number of benzene rings is 1. The van der Waals surface area contributed by atoms with Gasteiger partial charge in [0.25, 0.3) is 0 Å². The number of halogens is 2. The highest BCUT2D eigenvalue weighted by Crippen LogP contribution is 2.34. The highest BCUT2D eigenvalue weighted by Gasteiger charge is 2.17. The second-order valence-electron chi connectivity index (χ2n) is 4.74. The Morgan fingerprint density at radius 3 is 2.79 bits per heavy atom. The van der Waals surface area contributed by atoms with E-state index in [4.69, 9.17) is 20.8 Å². The molecule has 0 radical (unpaired) electrons. The molecule has 0 saturated heterocycles. The van der Waals surface area contributed by atoms with E-state index in [2.05, 4.69) is 35.1 Å². The van der Waals surface area contributed by atoms with Gasteiger partial charge in [0.05, 0.1) is 18.2 Å². The molecule has 0 atom stereocenters. The van der Waals surface area contributed by atoms with Crippen LogP contribution in [0.1, 0.15) is 25.2 Å². The monoisotopic (exact) mass is 345 g/mol. The molecule has 104 valence electrons. The minimum absolute atomic E-state index is 0.394. The third-order valence-electron chi connectivity index (χ3n) is 2.85. The number of fused-ring (bicyclic) bond motifs is 1. The molecule has 5 heteroatoms. The van der Waals surface area contributed by atoms with Gasteiger partial charge >= 0.3 is 0 Å². The van der Waals surface area contributed by atoms with Crippen molar-refractivity contribution in [2.24, 2.45) is 0 Å². The van der Waals surface area contributed by atoms with Gasteiger partial charge in [0.1, 0.15) is 5.76 Å². The Kier molecular flexibility index (Phi) is 4.90. The average molecular weight is 347 g/mol. The molecule has 2 aromatic rings. The molecule has 3 nitrogen and oxygen atoms in total. The first-order valence-electron chi connectivity index (χ1n) is 6.14. The van der Waals surface area contributed by atoms with Crippen LogP contribution in [-0.4, -0.2) is 13.2 Å². The summed E-state index contributed by atoms with van der Waals surface area (Å²) in [5, 5.41) is 4.96. The van der Waals surface area contributed by atoms with E-state index in [1.165, 1.54) is 0 Å². The fourth-order valence-corrected chi connectivity index (χ4v) is 2.81. The van der Waals surface area contributed by atoms with Gasteiger partial charge in [0, 0.05) is 28.6 Å². The van der Waals surface area contributed by atoms with Gasteiger partial charge in [-0.1, -0.05) is 41.4 Å². The van der Waals surface area contributed by atoms with E-state index >= 15 is 0 Å². The van der Waals surface area contributed by atoms with Crippen molar-refractivity contribution in [3.8, 4) is 0 Å². The van der Waals surface area contributed by atoms with E-state index in [1.54, 1.807) is 7.11 Å². The van der Waals surface area contributed by atoms with Crippen molar-refractivity contribution in [1.82, 2.24) is 5.32 Å². The van der Waals surface area contributed by atoms with Crippen molar-refractivity contribution in [1.29, 1.82) is 0 Å². The molecule has 1 heterocycles. The van der Waals surface area contributed by atoms with Crippen molar-refractivity contribution < 1.29 is 9.15 Å². The Bertz CT molecular complexity index is 580. The zero-order valence-electron chi connectivity index (χ0n) is 11.2. The molecule has 0 saturated carbocycles. The predicted molar refractivity (Wildman–Crippen MR) is 81.6 cm³/mol. The highest BCUT2D eigenvalue weighted by atomic mass is 79.9. The van der Waals surface area contributed by atoms with E-state index in [0.29, 0.717) is 24.2 Å². The molecule has 0 aliphatic rings. The summed E-state index contributed by atoms with van der Waals surface area (Å²) in [7, 11) is 1.68. The summed E-state index contributed by atoms with van der Waals surface area (Å²) >= 11 is 9.68. The maximum atomic E-state index is 6.23. The molecule has 2 rings (SSSR count). The second kappa shape index (κ2) is 6.27. The molecule has 0 aliphatic carbocycles. The van der Waals surface area contributed by atoms with E-state index in [1.807, 2.05) is 12.1 Å². The zero-order valence-corrected chi connectivity index (χ0v) is 13.6. The summed E-state index contributed by atoms with van der Waals surface area (Å²) in [6, 6.07) is 4.24. The van der Waals surface area contributed by atoms with Gasteiger partial charge in [0.15, 0.2) is 5.58 Å². The van der Waals surface area contributed by atoms with Crippen LogP contribution in [0.25, 0.3) is 11.0 Å². The van der Waals surface area contributed by atoms with Crippen LogP contribution >= 0.6 is 27.5 Å². The maximum absolute atomic E-state index is 6.23. The lowest BCUT2D eigenvalue weighted by molar-refractivity contribution is 0.183. The normalized spacial score (nSPS) is 11.7. The third-order valence-corrected chi connectivity index (χ3v) is 3.59. The Balaban J connectivity index is 2.50. The summed E-state index contributed by atoms with van der Waals surface area (Å²) < 4.78 is 12.1. The summed E-state index contributed by atoms with van der Waals surface area (Å²) in [5.74, 6) is 0.880. The lowest BCUT2D eigenvalue weighted by Crippen LogP contribution is -2.22. The molecule has 0 unspecified atom stereocenters. The van der Waals surface area contributed by atoms with Crippen LogP contribution in [0.2, 0.25) is 5.02 Å². The zero-order chi connectivity index (χ0) is 14.0. The Morgan fingerprint density at radius 2 is 2.16 bits per heavy atom. The minimum Gasteiger partial charge on any atom is -0.458 e. The topological polar surface area (TPSA) is 34.4 Å². The number of rotatable bonds is 5. The van der Waals surface area contributed by atoms with Gasteiger partial charge in [-0.2, -0.15) is 0 Å². The Labute approximate surface area is 126 Å². The number of hydrogen-bond donors (Lipinski definition) is 1. The Hall–Kier alpha value is -0.550. The van der Waals surface area contributed by atoms with Crippen LogP contribution in [-0.2, 0) is 17.9 Å². The molecule has 0 spiro atoms. The maximum Gasteiger partial charge on any atom is 0.153 e. The van der Waals surface area contributed by atoms with Crippen LogP contribution < -0.4 is 5.32 Å². The first-order valence-corrected chi connectivity index (χ1v) is 7.31. The van der Waals surface area contributed by atoms with Crippen LogP contribution in [0.15, 0.2) is 21.0 Å². The second-order valence-corrected chi connectivity index (χ2v) is 6.06. The molecule has 0 bridgehead atoms. The number of furan rings is 1. The largest absolute Gasteiger partial charge is 0.458 e. The predicted octanol–water partition coefficient (Wildman–Crippen LogP) is 4.49. The number of ether oxygens (including phenoxy) is 1. The summed E-state index contributed by atoms with van der Waals surface area (Å²) in [6.45, 7) is 5.37. The van der Waals surface area contributed by atoms with Crippen LogP contribution in [0, 0.1) is 0 Å². The SMILES string of the molecule is COCc1c(CNC(C)C)oc2c(Cl)cc(Br)cc12. The summed E-state index contributed by atoms with van der Waals surface area (Å²) in [6.07, 6.45) is 0. The van der Waals surface area contributed by atoms with Gasteiger partial charge in [-0.05, 0) is 12.1 Å². The number of hydrogen-bond acceptors (Lipinski definition) is 3. The third kappa shape index (κ3) is 3.31. The number of nitrogens with one attached hydrogen (secondary N) is 1. The minimum atomic E-state index is 0.394. The van der Waals surface area contributed by atoms with Crippen molar-refractivity contribution in [2.75, 3.05) is 7.11 Å². The standard InChI is InChI=1S/C14H17BrClNO2/c1-8(2)17-6-13-11(7-18-3)10-4-9(15)5-12(16)14(10)19-13/h4-5,8,17H,6-7H2,1-3H3. The smallest absolute Gasteiger partial charge is 0.153 e. The van der Waals surface area contributed by atoms with Crippen molar-refractivity contribution in [3.63, 3.8) is 0 Å². The molecule has 1 aromatic heterocycles. The number of methoxy groups -OCH3 is 1. The van der Waals surface area contributed by atoms with E-state index in [9.17, 15) is 0 Å². The summed E-state index contributed by atoms with van der Waals surface area (Å²) in [5.41, 5.74) is 1.77. The first-order chi connectivity index (χ1) is 9.02.